The first-order valence-corrected chi connectivity index (χ1v) is 10.4. The molecule has 2 aromatic carbocycles. The lowest BCUT2D eigenvalue weighted by Crippen LogP contribution is -2.55. The first kappa shape index (κ1) is 21.5. The van der Waals surface area contributed by atoms with E-state index in [9.17, 15) is 14.0 Å². The Labute approximate surface area is 187 Å². The van der Waals surface area contributed by atoms with E-state index < -0.39 is 11.6 Å². The molecule has 0 radical (unpaired) electrons. The molecule has 1 fully saturated rings. The van der Waals surface area contributed by atoms with Crippen molar-refractivity contribution in [1.82, 2.24) is 9.47 Å². The van der Waals surface area contributed by atoms with Crippen molar-refractivity contribution in [2.24, 2.45) is 0 Å². The number of carbonyl (C=O) groups excluding carboxylic acids is 1. The van der Waals surface area contributed by atoms with Crippen molar-refractivity contribution in [2.75, 3.05) is 31.6 Å². The van der Waals surface area contributed by atoms with Gasteiger partial charge in [0.1, 0.15) is 18.1 Å². The van der Waals surface area contributed by atoms with Crippen LogP contribution in [-0.4, -0.2) is 48.2 Å². The summed E-state index contributed by atoms with van der Waals surface area (Å²) in [5, 5.41) is 0.639. The number of aromatic nitrogens is 1. The van der Waals surface area contributed by atoms with Crippen molar-refractivity contribution in [3.8, 4) is 5.75 Å². The molecule has 0 N–H and O–H groups in total. The number of methoxy groups -OCH3 is 1. The zero-order valence-electron chi connectivity index (χ0n) is 16.9. The highest BCUT2D eigenvalue weighted by Gasteiger charge is 2.30. The lowest BCUT2D eigenvalue weighted by molar-refractivity contribution is -0.134. The highest BCUT2D eigenvalue weighted by atomic mass is 35.5. The van der Waals surface area contributed by atoms with Gasteiger partial charge in [-0.25, -0.2) is 9.18 Å². The van der Waals surface area contributed by atoms with Crippen LogP contribution in [0.25, 0.3) is 11.1 Å². The second-order valence-electron chi connectivity index (χ2n) is 7.39. The zero-order chi connectivity index (χ0) is 22.3. The van der Waals surface area contributed by atoms with E-state index in [1.165, 1.54) is 23.8 Å². The molecule has 1 saturated heterocycles. The quantitative estimate of drug-likeness (QED) is 0.583. The Morgan fingerprint density at radius 2 is 2.03 bits per heavy atom. The van der Waals surface area contributed by atoms with Gasteiger partial charge in [0.15, 0.2) is 5.58 Å². The number of rotatable bonds is 4. The normalized spacial score (nSPS) is 16.7. The molecule has 0 spiro atoms. The van der Waals surface area contributed by atoms with Gasteiger partial charge in [0.2, 0.25) is 5.91 Å². The Bertz CT molecular complexity index is 1210. The molecule has 1 aliphatic heterocycles. The molecule has 1 aromatic heterocycles. The van der Waals surface area contributed by atoms with Crippen molar-refractivity contribution < 1.29 is 18.3 Å². The molecule has 0 saturated carbocycles. The third kappa shape index (κ3) is 4.09. The van der Waals surface area contributed by atoms with Gasteiger partial charge in [0.05, 0.1) is 23.3 Å². The maximum atomic E-state index is 14.5. The van der Waals surface area contributed by atoms with Gasteiger partial charge in [-0.1, -0.05) is 23.2 Å². The van der Waals surface area contributed by atoms with Gasteiger partial charge < -0.3 is 19.0 Å². The fraction of sp³-hybridized carbons (Fsp3) is 0.333. The van der Waals surface area contributed by atoms with Crippen molar-refractivity contribution in [2.45, 2.75) is 19.5 Å². The maximum absolute atomic E-state index is 14.5. The number of amides is 1. The van der Waals surface area contributed by atoms with Crippen LogP contribution in [0.3, 0.4) is 0 Å². The highest BCUT2D eigenvalue weighted by molar-refractivity contribution is 6.32. The van der Waals surface area contributed by atoms with E-state index in [1.54, 1.807) is 23.1 Å². The van der Waals surface area contributed by atoms with Crippen LogP contribution >= 0.6 is 23.2 Å². The number of fused-ring (bicyclic) bond motifs is 1. The fourth-order valence-corrected chi connectivity index (χ4v) is 4.27. The topological polar surface area (TPSA) is 67.9 Å². The summed E-state index contributed by atoms with van der Waals surface area (Å²) < 4.78 is 26.2. The minimum atomic E-state index is -0.618. The molecular weight excluding hydrogens is 448 g/mol. The monoisotopic (exact) mass is 467 g/mol. The number of carbonyl (C=O) groups is 1. The zero-order valence-corrected chi connectivity index (χ0v) is 18.4. The molecule has 1 amide bonds. The predicted molar refractivity (Wildman–Crippen MR) is 117 cm³/mol. The van der Waals surface area contributed by atoms with E-state index in [1.807, 2.05) is 11.8 Å². The van der Waals surface area contributed by atoms with E-state index in [0.717, 1.165) is 0 Å². The number of benzene rings is 2. The third-order valence-corrected chi connectivity index (χ3v) is 5.96. The Morgan fingerprint density at radius 3 is 2.74 bits per heavy atom. The minimum absolute atomic E-state index is 0.152. The van der Waals surface area contributed by atoms with Crippen LogP contribution in [0.2, 0.25) is 10.0 Å². The minimum Gasteiger partial charge on any atom is -0.495 e. The molecule has 10 heteroatoms. The molecule has 2 heterocycles. The van der Waals surface area contributed by atoms with Crippen molar-refractivity contribution >= 4 is 45.9 Å². The molecule has 7 nitrogen and oxygen atoms in total. The van der Waals surface area contributed by atoms with Crippen molar-refractivity contribution in [3.63, 3.8) is 0 Å². The molecule has 3 aromatic rings. The number of ether oxygens (including phenoxy) is 1. The van der Waals surface area contributed by atoms with Gasteiger partial charge in [-0.15, -0.1) is 0 Å². The van der Waals surface area contributed by atoms with Crippen LogP contribution in [0.4, 0.5) is 10.1 Å². The van der Waals surface area contributed by atoms with E-state index in [2.05, 4.69) is 0 Å². The summed E-state index contributed by atoms with van der Waals surface area (Å²) in [5.41, 5.74) is 1.20. The Kier molecular flexibility index (Phi) is 5.85. The van der Waals surface area contributed by atoms with Gasteiger partial charge in [-0.05, 0) is 25.1 Å². The lowest BCUT2D eigenvalue weighted by atomic mass is 10.1. The highest BCUT2D eigenvalue weighted by Crippen LogP contribution is 2.33. The third-order valence-electron chi connectivity index (χ3n) is 5.43. The number of piperazine rings is 1. The summed E-state index contributed by atoms with van der Waals surface area (Å²) in [7, 11) is 1.47. The summed E-state index contributed by atoms with van der Waals surface area (Å²) in [6.07, 6.45) is 0. The van der Waals surface area contributed by atoms with Crippen LogP contribution in [0.15, 0.2) is 39.5 Å². The number of hydrogen-bond acceptors (Lipinski definition) is 5. The molecule has 0 aliphatic carbocycles. The average molecular weight is 468 g/mol. The van der Waals surface area contributed by atoms with Crippen LogP contribution in [-0.2, 0) is 11.3 Å². The Hall–Kier alpha value is -2.71. The predicted octanol–water partition coefficient (Wildman–Crippen LogP) is 3.79. The molecule has 0 bridgehead atoms. The van der Waals surface area contributed by atoms with Gasteiger partial charge in [0, 0.05) is 42.8 Å². The smallest absolute Gasteiger partial charge is 0.420 e. The fourth-order valence-electron chi connectivity index (χ4n) is 3.88. The SMILES string of the molecule is COc1cc(N2CCN(C(=O)Cn3c(=O)oc4cc(Cl)ccc43)[C@@H](C)C2)c(F)cc1Cl. The van der Waals surface area contributed by atoms with Crippen molar-refractivity contribution in [3.05, 3.63) is 56.7 Å². The van der Waals surface area contributed by atoms with Crippen LogP contribution in [0, 0.1) is 5.82 Å². The van der Waals surface area contributed by atoms with Gasteiger partial charge in [-0.3, -0.25) is 9.36 Å². The van der Waals surface area contributed by atoms with Gasteiger partial charge in [0.25, 0.3) is 0 Å². The first-order valence-electron chi connectivity index (χ1n) is 9.65. The molecule has 31 heavy (non-hydrogen) atoms. The summed E-state index contributed by atoms with van der Waals surface area (Å²) in [4.78, 5) is 28.7. The van der Waals surface area contributed by atoms with E-state index in [4.69, 9.17) is 32.4 Å². The lowest BCUT2D eigenvalue weighted by Gasteiger charge is -2.41. The molecule has 164 valence electrons. The van der Waals surface area contributed by atoms with Gasteiger partial charge >= 0.3 is 5.76 Å². The first-order chi connectivity index (χ1) is 14.8. The Morgan fingerprint density at radius 1 is 1.26 bits per heavy atom. The van der Waals surface area contributed by atoms with E-state index in [0.29, 0.717) is 47.2 Å². The standard InChI is InChI=1S/C21H20Cl2FN3O4/c1-12-10-25(17-9-18(30-2)14(23)8-15(17)24)5-6-26(12)20(28)11-27-16-4-3-13(22)7-19(16)31-21(27)29/h3-4,7-9,12H,5-6,10-11H2,1-2H3/t12-/m0/s1. The summed E-state index contributed by atoms with van der Waals surface area (Å²) in [6.45, 7) is 2.95. The van der Waals surface area contributed by atoms with Crippen LogP contribution in [0.5, 0.6) is 5.75 Å². The van der Waals surface area contributed by atoms with Crippen LogP contribution < -0.4 is 15.4 Å². The summed E-state index contributed by atoms with van der Waals surface area (Å²) in [5.74, 6) is -0.906. The van der Waals surface area contributed by atoms with E-state index >= 15 is 0 Å². The molecule has 0 unspecified atom stereocenters. The summed E-state index contributed by atoms with van der Waals surface area (Å²) in [6, 6.07) is 7.40. The maximum Gasteiger partial charge on any atom is 0.420 e. The number of anilines is 1. The number of nitrogens with zero attached hydrogens (tertiary/aromatic N) is 3. The number of hydrogen-bond donors (Lipinski definition) is 0. The largest absolute Gasteiger partial charge is 0.495 e. The summed E-state index contributed by atoms with van der Waals surface area (Å²) >= 11 is 11.9. The van der Waals surface area contributed by atoms with Gasteiger partial charge in [-0.2, -0.15) is 0 Å². The molecule has 1 atom stereocenters. The molecule has 1 aliphatic rings. The Balaban J connectivity index is 1.50. The average Bonchev–Trinajstić information content (AvgIpc) is 3.02. The van der Waals surface area contributed by atoms with Crippen LogP contribution in [0.1, 0.15) is 6.92 Å². The molecular formula is C21H20Cl2FN3O4. The van der Waals surface area contributed by atoms with Crippen molar-refractivity contribution in [1.29, 1.82) is 0 Å². The second-order valence-corrected chi connectivity index (χ2v) is 8.23. The molecule has 4 rings (SSSR count). The number of oxazole rings is 1. The second kappa shape index (κ2) is 8.43. The van der Waals surface area contributed by atoms with E-state index in [-0.39, 0.29) is 23.5 Å². The number of halogens is 3.